The van der Waals surface area contributed by atoms with Gasteiger partial charge in [-0.2, -0.15) is 5.26 Å². The van der Waals surface area contributed by atoms with E-state index in [2.05, 4.69) is 4.72 Å². The zero-order chi connectivity index (χ0) is 15.5. The number of methoxy groups -OCH3 is 1. The van der Waals surface area contributed by atoms with Crippen molar-refractivity contribution in [1.29, 1.82) is 5.26 Å². The minimum Gasteiger partial charge on any atom is -0.384 e. The summed E-state index contributed by atoms with van der Waals surface area (Å²) in [5.74, 6) is -1.10. The van der Waals surface area contributed by atoms with Gasteiger partial charge in [0.1, 0.15) is 0 Å². The largest absolute Gasteiger partial charge is 0.384 e. The molecular weight excluding hydrogens is 292 g/mol. The van der Waals surface area contributed by atoms with Gasteiger partial charge in [-0.15, -0.1) is 0 Å². The van der Waals surface area contributed by atoms with E-state index in [1.54, 1.807) is 18.2 Å². The molecule has 6 nitrogen and oxygen atoms in total. The number of nitrogens with zero attached hydrogens (tertiary/aromatic N) is 1. The molecule has 2 unspecified atom stereocenters. The number of hydrogen-bond acceptors (Lipinski definition) is 5. The van der Waals surface area contributed by atoms with Crippen LogP contribution in [0.2, 0.25) is 0 Å². The van der Waals surface area contributed by atoms with Crippen molar-refractivity contribution in [3.63, 3.8) is 0 Å². The molecule has 112 valence electrons. The molecule has 0 saturated heterocycles. The summed E-state index contributed by atoms with van der Waals surface area (Å²) >= 11 is 0. The summed E-state index contributed by atoms with van der Waals surface area (Å²) in [5.41, 5.74) is 1.43. The van der Waals surface area contributed by atoms with Gasteiger partial charge in [0.2, 0.25) is 15.9 Å². The lowest BCUT2D eigenvalue weighted by Gasteiger charge is -2.06. The Morgan fingerprint density at radius 2 is 2.29 bits per heavy atom. The maximum Gasteiger partial charge on any atom is 0.237 e. The van der Waals surface area contributed by atoms with Crippen molar-refractivity contribution in [2.75, 3.05) is 19.5 Å². The second-order valence-electron chi connectivity index (χ2n) is 4.96. The number of amides is 1. The van der Waals surface area contributed by atoms with E-state index in [0.717, 1.165) is 5.56 Å². The first kappa shape index (κ1) is 15.5. The Kier molecular flexibility index (Phi) is 4.60. The summed E-state index contributed by atoms with van der Waals surface area (Å²) in [6.07, 6.45) is 0.598. The van der Waals surface area contributed by atoms with Gasteiger partial charge in [-0.1, -0.05) is 12.1 Å². The van der Waals surface area contributed by atoms with Gasteiger partial charge in [0.15, 0.2) is 0 Å². The standard InChI is InChI=1S/C14H16N2O4S/c1-20-5-6-21(18,19)16-14(17)13-8-12(13)11-4-2-3-10(7-11)9-15/h2-4,7,12-13H,5-6,8H2,1H3,(H,16,17). The average molecular weight is 308 g/mol. The van der Waals surface area contributed by atoms with Crippen molar-refractivity contribution < 1.29 is 17.9 Å². The molecule has 21 heavy (non-hydrogen) atoms. The molecule has 2 rings (SSSR count). The van der Waals surface area contributed by atoms with Gasteiger partial charge in [0, 0.05) is 13.0 Å². The molecule has 0 aliphatic heterocycles. The number of hydrogen-bond donors (Lipinski definition) is 1. The fraction of sp³-hybridized carbons (Fsp3) is 0.429. The van der Waals surface area contributed by atoms with Gasteiger partial charge in [-0.25, -0.2) is 8.42 Å². The fourth-order valence-corrected chi connectivity index (χ4v) is 3.11. The van der Waals surface area contributed by atoms with Gasteiger partial charge >= 0.3 is 0 Å². The Hall–Kier alpha value is -1.91. The summed E-state index contributed by atoms with van der Waals surface area (Å²) in [6, 6.07) is 9.08. The zero-order valence-corrected chi connectivity index (χ0v) is 12.4. The average Bonchev–Trinajstić information content (AvgIpc) is 3.25. The molecule has 1 aliphatic rings. The number of nitrogens with one attached hydrogen (secondary N) is 1. The second-order valence-corrected chi connectivity index (χ2v) is 6.81. The van der Waals surface area contributed by atoms with Crippen LogP contribution in [0.4, 0.5) is 0 Å². The summed E-state index contributed by atoms with van der Waals surface area (Å²) in [6.45, 7) is 0.0426. The van der Waals surface area contributed by atoms with Crippen molar-refractivity contribution in [3.8, 4) is 6.07 Å². The summed E-state index contributed by atoms with van der Waals surface area (Å²) in [5, 5.41) is 8.85. The zero-order valence-electron chi connectivity index (χ0n) is 11.6. The highest BCUT2D eigenvalue weighted by Crippen LogP contribution is 2.47. The third kappa shape index (κ3) is 4.03. The molecule has 1 N–H and O–H groups in total. The fourth-order valence-electron chi connectivity index (χ4n) is 2.17. The van der Waals surface area contributed by atoms with E-state index >= 15 is 0 Å². The molecule has 0 bridgehead atoms. The van der Waals surface area contributed by atoms with Crippen LogP contribution in [0.1, 0.15) is 23.5 Å². The molecule has 2 atom stereocenters. The lowest BCUT2D eigenvalue weighted by molar-refractivity contribution is -0.120. The Bertz CT molecular complexity index is 678. The quantitative estimate of drug-likeness (QED) is 0.836. The molecule has 1 aliphatic carbocycles. The van der Waals surface area contributed by atoms with Crippen LogP contribution in [0, 0.1) is 17.2 Å². The van der Waals surface area contributed by atoms with Gasteiger partial charge in [-0.3, -0.25) is 9.52 Å². The molecule has 1 fully saturated rings. The smallest absolute Gasteiger partial charge is 0.237 e. The molecule has 1 aromatic rings. The summed E-state index contributed by atoms with van der Waals surface area (Å²) in [7, 11) is -2.24. The Balaban J connectivity index is 1.96. The highest BCUT2D eigenvalue weighted by Gasteiger charge is 2.45. The van der Waals surface area contributed by atoms with E-state index < -0.39 is 15.9 Å². The van der Waals surface area contributed by atoms with E-state index in [-0.39, 0.29) is 24.2 Å². The predicted octanol–water partition coefficient (Wildman–Crippen LogP) is 0.754. The first-order valence-corrected chi connectivity index (χ1v) is 8.15. The van der Waals surface area contributed by atoms with Crippen molar-refractivity contribution in [2.24, 2.45) is 5.92 Å². The van der Waals surface area contributed by atoms with Gasteiger partial charge in [0.05, 0.1) is 24.0 Å². The highest BCUT2D eigenvalue weighted by molar-refractivity contribution is 7.90. The predicted molar refractivity (Wildman–Crippen MR) is 75.8 cm³/mol. The molecule has 1 amide bonds. The van der Waals surface area contributed by atoms with Crippen LogP contribution >= 0.6 is 0 Å². The number of sulfonamides is 1. The molecule has 0 radical (unpaired) electrons. The first-order valence-electron chi connectivity index (χ1n) is 6.50. The number of carbonyl (C=O) groups excluding carboxylic acids is 1. The van der Waals surface area contributed by atoms with Crippen molar-refractivity contribution in [3.05, 3.63) is 35.4 Å². The molecule has 1 aromatic carbocycles. The molecule has 7 heteroatoms. The van der Waals surface area contributed by atoms with E-state index in [9.17, 15) is 13.2 Å². The molecule has 1 saturated carbocycles. The van der Waals surface area contributed by atoms with Crippen molar-refractivity contribution >= 4 is 15.9 Å². The number of carbonyl (C=O) groups is 1. The summed E-state index contributed by atoms with van der Waals surface area (Å²) < 4.78 is 30.0. The minimum atomic E-state index is -3.64. The lowest BCUT2D eigenvalue weighted by atomic mass is 10.1. The number of benzene rings is 1. The van der Waals surface area contributed by atoms with E-state index in [1.807, 2.05) is 12.1 Å². The van der Waals surface area contributed by atoms with Crippen LogP contribution < -0.4 is 4.72 Å². The normalized spacial score (nSPS) is 20.6. The molecular formula is C14H16N2O4S. The number of ether oxygens (including phenoxy) is 1. The highest BCUT2D eigenvalue weighted by atomic mass is 32.2. The maximum absolute atomic E-state index is 11.9. The van der Waals surface area contributed by atoms with Crippen LogP contribution in [0.25, 0.3) is 0 Å². The Labute approximate surface area is 123 Å². The number of rotatable bonds is 6. The van der Waals surface area contributed by atoms with E-state index in [4.69, 9.17) is 10.00 Å². The SMILES string of the molecule is COCCS(=O)(=O)NC(=O)C1CC1c1cccc(C#N)c1. The topological polar surface area (TPSA) is 96.3 Å². The number of nitriles is 1. The van der Waals surface area contributed by atoms with Crippen molar-refractivity contribution in [2.45, 2.75) is 12.3 Å². The van der Waals surface area contributed by atoms with E-state index in [1.165, 1.54) is 7.11 Å². The molecule has 0 spiro atoms. The van der Waals surface area contributed by atoms with Gasteiger partial charge in [0.25, 0.3) is 0 Å². The monoisotopic (exact) mass is 308 g/mol. The van der Waals surface area contributed by atoms with Gasteiger partial charge in [-0.05, 0) is 30.0 Å². The second kappa shape index (κ2) is 6.24. The van der Waals surface area contributed by atoms with E-state index in [0.29, 0.717) is 12.0 Å². The van der Waals surface area contributed by atoms with Crippen LogP contribution in [0.3, 0.4) is 0 Å². The Morgan fingerprint density at radius 3 is 2.95 bits per heavy atom. The van der Waals surface area contributed by atoms with Gasteiger partial charge < -0.3 is 4.74 Å². The summed E-state index contributed by atoms with van der Waals surface area (Å²) in [4.78, 5) is 11.9. The van der Waals surface area contributed by atoms with Crippen molar-refractivity contribution in [1.82, 2.24) is 4.72 Å². The molecule has 0 heterocycles. The Morgan fingerprint density at radius 1 is 1.52 bits per heavy atom. The third-order valence-corrected chi connectivity index (χ3v) is 4.60. The van der Waals surface area contributed by atoms with Crippen LogP contribution in [0.5, 0.6) is 0 Å². The first-order chi connectivity index (χ1) is 9.96. The lowest BCUT2D eigenvalue weighted by Crippen LogP contribution is -2.35. The van der Waals surface area contributed by atoms with Crippen LogP contribution in [-0.2, 0) is 19.6 Å². The third-order valence-electron chi connectivity index (χ3n) is 3.38. The van der Waals surface area contributed by atoms with Crippen LogP contribution in [-0.4, -0.2) is 33.8 Å². The minimum absolute atomic E-state index is 0.0177. The maximum atomic E-state index is 11.9. The molecule has 0 aromatic heterocycles. The van der Waals surface area contributed by atoms with Crippen LogP contribution in [0.15, 0.2) is 24.3 Å².